The maximum atomic E-state index is 15.6. The molecule has 0 radical (unpaired) electrons. The largest absolute Gasteiger partial charge is 0.389 e. The summed E-state index contributed by atoms with van der Waals surface area (Å²) in [6.45, 7) is 5.70. The molecule has 1 saturated carbocycles. The lowest BCUT2D eigenvalue weighted by atomic mass is 9.82. The van der Waals surface area contributed by atoms with Gasteiger partial charge < -0.3 is 15.2 Å². The third-order valence-corrected chi connectivity index (χ3v) is 8.27. The summed E-state index contributed by atoms with van der Waals surface area (Å²) in [6.07, 6.45) is 4.69. The fourth-order valence-electron chi connectivity index (χ4n) is 5.47. The number of anilines is 2. The molecular formula is C25H30ClFN6O2. The average molecular weight is 501 g/mol. The van der Waals surface area contributed by atoms with Gasteiger partial charge >= 0.3 is 0 Å². The summed E-state index contributed by atoms with van der Waals surface area (Å²) in [5, 5.41) is 19.4. The summed E-state index contributed by atoms with van der Waals surface area (Å²) in [5.74, 6) is 0.204. The van der Waals surface area contributed by atoms with E-state index in [0.29, 0.717) is 49.0 Å². The molecule has 1 aliphatic carbocycles. The molecule has 2 aliphatic heterocycles. The van der Waals surface area contributed by atoms with Crippen molar-refractivity contribution in [2.75, 3.05) is 31.6 Å². The molecule has 35 heavy (non-hydrogen) atoms. The Kier molecular flexibility index (Phi) is 5.71. The van der Waals surface area contributed by atoms with Crippen LogP contribution < -0.4 is 5.32 Å². The number of halogens is 2. The van der Waals surface area contributed by atoms with Gasteiger partial charge in [0.1, 0.15) is 6.17 Å². The number of rotatable bonds is 5. The molecule has 3 aromatic rings. The summed E-state index contributed by atoms with van der Waals surface area (Å²) >= 11 is 6.48. The molecule has 0 unspecified atom stereocenters. The van der Waals surface area contributed by atoms with Crippen LogP contribution in [0.3, 0.4) is 0 Å². The second kappa shape index (κ2) is 8.65. The molecule has 2 saturated heterocycles. The Bertz CT molecular complexity index is 1270. The fourth-order valence-corrected chi connectivity index (χ4v) is 5.75. The molecular weight excluding hydrogens is 471 g/mol. The highest BCUT2D eigenvalue weighted by atomic mass is 35.5. The Balaban J connectivity index is 1.24. The van der Waals surface area contributed by atoms with Gasteiger partial charge in [-0.3, -0.25) is 4.90 Å². The molecule has 8 nitrogen and oxygen atoms in total. The van der Waals surface area contributed by atoms with Gasteiger partial charge in [-0.15, -0.1) is 0 Å². The van der Waals surface area contributed by atoms with Crippen molar-refractivity contribution in [3.05, 3.63) is 40.8 Å². The molecule has 0 amide bonds. The van der Waals surface area contributed by atoms with Crippen molar-refractivity contribution in [1.29, 1.82) is 0 Å². The van der Waals surface area contributed by atoms with E-state index in [2.05, 4.69) is 20.3 Å². The first-order valence-electron chi connectivity index (χ1n) is 12.3. The number of fused-ring (bicyclic) bond motifs is 1. The van der Waals surface area contributed by atoms with Gasteiger partial charge in [-0.2, -0.15) is 5.10 Å². The summed E-state index contributed by atoms with van der Waals surface area (Å²) in [5.41, 5.74) is 2.91. The highest BCUT2D eigenvalue weighted by Gasteiger charge is 2.47. The van der Waals surface area contributed by atoms with Gasteiger partial charge in [0, 0.05) is 24.0 Å². The third kappa shape index (κ3) is 4.08. The van der Waals surface area contributed by atoms with Crippen LogP contribution in [0.15, 0.2) is 24.5 Å². The monoisotopic (exact) mass is 500 g/mol. The molecule has 4 heterocycles. The zero-order valence-corrected chi connectivity index (χ0v) is 20.7. The van der Waals surface area contributed by atoms with Crippen molar-refractivity contribution in [3.63, 3.8) is 0 Å². The van der Waals surface area contributed by atoms with Crippen molar-refractivity contribution in [2.24, 2.45) is 0 Å². The molecule has 10 heteroatoms. The Morgan fingerprint density at radius 1 is 1.26 bits per heavy atom. The van der Waals surface area contributed by atoms with Crippen LogP contribution >= 0.6 is 11.6 Å². The van der Waals surface area contributed by atoms with Gasteiger partial charge in [0.2, 0.25) is 5.95 Å². The topological polar surface area (TPSA) is 88.3 Å². The highest BCUT2D eigenvalue weighted by molar-refractivity contribution is 6.32. The molecule has 0 bridgehead atoms. The van der Waals surface area contributed by atoms with E-state index in [1.807, 2.05) is 30.7 Å². The first kappa shape index (κ1) is 23.1. The molecule has 3 aliphatic rings. The first-order chi connectivity index (χ1) is 16.8. The standard InChI is InChI=1S/C25H30ClFN6O2/c1-14-7-15-9-28-24(31-21-10-29-33(23(21)26)16-3-4-16)30-20(15)8-18(14)17-5-6-32(11-19(17)27)25(2)13-35-12-22(25)34/h7-10,16-17,19,22,34H,3-6,11-13H2,1-2H3,(H,28,30,31)/t17-,19+,22+,25-/m0/s1. The minimum absolute atomic E-state index is 0.226. The maximum absolute atomic E-state index is 15.6. The number of ether oxygens (including phenoxy) is 1. The molecule has 2 N–H and O–H groups in total. The highest BCUT2D eigenvalue weighted by Crippen LogP contribution is 2.40. The van der Waals surface area contributed by atoms with Gasteiger partial charge in [0.25, 0.3) is 0 Å². The number of hydrogen-bond donors (Lipinski definition) is 2. The molecule has 4 atom stereocenters. The number of nitrogens with zero attached hydrogens (tertiary/aromatic N) is 5. The average Bonchev–Trinajstić information content (AvgIpc) is 3.54. The number of aliphatic hydroxyl groups excluding tert-OH is 1. The smallest absolute Gasteiger partial charge is 0.227 e. The van der Waals surface area contributed by atoms with Crippen LogP contribution in [0.25, 0.3) is 10.9 Å². The van der Waals surface area contributed by atoms with Crippen LogP contribution in [0.4, 0.5) is 16.0 Å². The minimum Gasteiger partial charge on any atom is -0.389 e. The van der Waals surface area contributed by atoms with Gasteiger partial charge in [-0.1, -0.05) is 11.6 Å². The van der Waals surface area contributed by atoms with E-state index in [1.165, 1.54) is 0 Å². The van der Waals surface area contributed by atoms with E-state index < -0.39 is 17.8 Å². The molecule has 2 aromatic heterocycles. The van der Waals surface area contributed by atoms with Gasteiger partial charge in [-0.25, -0.2) is 19.0 Å². The summed E-state index contributed by atoms with van der Waals surface area (Å²) < 4.78 is 22.9. The summed E-state index contributed by atoms with van der Waals surface area (Å²) in [7, 11) is 0. The maximum Gasteiger partial charge on any atom is 0.227 e. The molecule has 3 fully saturated rings. The Labute approximate surface area is 208 Å². The molecule has 6 rings (SSSR count). The van der Waals surface area contributed by atoms with E-state index in [9.17, 15) is 5.11 Å². The number of piperidine rings is 1. The molecule has 1 aromatic carbocycles. The van der Waals surface area contributed by atoms with Crippen molar-refractivity contribution in [2.45, 2.75) is 62.9 Å². The third-order valence-electron chi connectivity index (χ3n) is 7.89. The van der Waals surface area contributed by atoms with Crippen LogP contribution in [0.2, 0.25) is 5.15 Å². The van der Waals surface area contributed by atoms with E-state index in [4.69, 9.17) is 21.3 Å². The lowest BCUT2D eigenvalue weighted by molar-refractivity contribution is -0.0238. The van der Waals surface area contributed by atoms with E-state index >= 15 is 4.39 Å². The number of aliphatic hydroxyl groups is 1. The van der Waals surface area contributed by atoms with Crippen LogP contribution in [0, 0.1) is 6.92 Å². The van der Waals surface area contributed by atoms with Crippen molar-refractivity contribution in [1.82, 2.24) is 24.6 Å². The van der Waals surface area contributed by atoms with Crippen molar-refractivity contribution >= 4 is 34.1 Å². The van der Waals surface area contributed by atoms with E-state index in [-0.39, 0.29) is 12.5 Å². The minimum atomic E-state index is -1.05. The quantitative estimate of drug-likeness (QED) is 0.544. The van der Waals surface area contributed by atoms with Gasteiger partial charge in [0.15, 0.2) is 5.15 Å². The Morgan fingerprint density at radius 2 is 2.09 bits per heavy atom. The van der Waals surface area contributed by atoms with Crippen molar-refractivity contribution in [3.8, 4) is 0 Å². The summed E-state index contributed by atoms with van der Waals surface area (Å²) in [6, 6.07) is 4.41. The van der Waals surface area contributed by atoms with Crippen LogP contribution in [-0.2, 0) is 4.74 Å². The number of benzene rings is 1. The van der Waals surface area contributed by atoms with Crippen LogP contribution in [-0.4, -0.2) is 73.9 Å². The lowest BCUT2D eigenvalue weighted by Crippen LogP contribution is -2.58. The number of alkyl halides is 1. The fraction of sp³-hybridized carbons (Fsp3) is 0.560. The predicted molar refractivity (Wildman–Crippen MR) is 132 cm³/mol. The van der Waals surface area contributed by atoms with E-state index in [1.54, 1.807) is 12.4 Å². The normalized spacial score (nSPS) is 29.7. The summed E-state index contributed by atoms with van der Waals surface area (Å²) in [4.78, 5) is 11.2. The van der Waals surface area contributed by atoms with Gasteiger partial charge in [-0.05, 0) is 62.9 Å². The van der Waals surface area contributed by atoms with Crippen LogP contribution in [0.5, 0.6) is 0 Å². The Hall–Kier alpha value is -2.33. The zero-order chi connectivity index (χ0) is 24.3. The number of aromatic nitrogens is 4. The second-order valence-corrected chi connectivity index (χ2v) is 10.7. The first-order valence-corrected chi connectivity index (χ1v) is 12.6. The Morgan fingerprint density at radius 3 is 2.80 bits per heavy atom. The molecule has 186 valence electrons. The van der Waals surface area contributed by atoms with E-state index in [0.717, 1.165) is 34.9 Å². The van der Waals surface area contributed by atoms with Gasteiger partial charge in [0.05, 0.1) is 48.3 Å². The number of aryl methyl sites for hydroxylation is 1. The number of likely N-dealkylation sites (tertiary alicyclic amines) is 1. The lowest BCUT2D eigenvalue weighted by Gasteiger charge is -2.45. The predicted octanol–water partition coefficient (Wildman–Crippen LogP) is 4.14. The number of hydrogen-bond acceptors (Lipinski definition) is 7. The zero-order valence-electron chi connectivity index (χ0n) is 19.9. The molecule has 0 spiro atoms. The van der Waals surface area contributed by atoms with Crippen LogP contribution in [0.1, 0.15) is 49.3 Å². The van der Waals surface area contributed by atoms with Crippen molar-refractivity contribution < 1.29 is 14.2 Å². The number of nitrogens with one attached hydrogen (secondary N) is 1. The SMILES string of the molecule is Cc1cc2cnc(Nc3cnn(C4CC4)c3Cl)nc2cc1[C@@H]1CCN([C@@]2(C)COC[C@H]2O)C[C@H]1F. The second-order valence-electron chi connectivity index (χ2n) is 10.4.